The lowest BCUT2D eigenvalue weighted by Crippen LogP contribution is -2.32. The molecule has 0 aromatic heterocycles. The highest BCUT2D eigenvalue weighted by Gasteiger charge is 2.35. The number of hydrogen-bond acceptors (Lipinski definition) is 2. The first-order chi connectivity index (χ1) is 6.32. The third-order valence-electron chi connectivity index (χ3n) is 2.97. The Balaban J connectivity index is 2.47. The van der Waals surface area contributed by atoms with Gasteiger partial charge in [-0.3, -0.25) is 0 Å². The lowest BCUT2D eigenvalue weighted by atomic mass is 9.86. The fourth-order valence-corrected chi connectivity index (χ4v) is 3.16. The first-order valence-corrected chi connectivity index (χ1v) is 5.67. The van der Waals surface area contributed by atoms with Crippen LogP contribution in [0.15, 0.2) is 29.2 Å². The van der Waals surface area contributed by atoms with Crippen LogP contribution in [0.4, 0.5) is 0 Å². The van der Waals surface area contributed by atoms with Crippen molar-refractivity contribution in [1.29, 1.82) is 0 Å². The van der Waals surface area contributed by atoms with Gasteiger partial charge >= 0.3 is 0 Å². The molecule has 0 saturated heterocycles. The van der Waals surface area contributed by atoms with Gasteiger partial charge in [-0.15, -0.1) is 0 Å². The third kappa shape index (κ3) is 1.29. The normalized spacial score (nSPS) is 18.6. The van der Waals surface area contributed by atoms with Crippen LogP contribution >= 0.6 is 11.9 Å². The molecule has 0 fully saturated rings. The van der Waals surface area contributed by atoms with E-state index in [1.165, 1.54) is 10.5 Å². The number of benzene rings is 1. The molecule has 1 heterocycles. The van der Waals surface area contributed by atoms with Crippen LogP contribution in [0, 0.1) is 0 Å². The molecule has 1 nitrogen and oxygen atoms in total. The van der Waals surface area contributed by atoms with E-state index in [0.717, 1.165) is 12.8 Å². The number of nitrogens with one attached hydrogen (secondary N) is 1. The highest BCUT2D eigenvalue weighted by molar-refractivity contribution is 7.97. The lowest BCUT2D eigenvalue weighted by Gasteiger charge is -2.26. The largest absolute Gasteiger partial charge is 0.249 e. The topological polar surface area (TPSA) is 12.0 Å². The minimum Gasteiger partial charge on any atom is -0.249 e. The SMILES string of the molecule is CCC1(CC)NSc2ccccc21. The maximum absolute atomic E-state index is 3.55. The van der Waals surface area contributed by atoms with E-state index in [0.29, 0.717) is 0 Å². The summed E-state index contributed by atoms with van der Waals surface area (Å²) in [5.74, 6) is 0. The van der Waals surface area contributed by atoms with Crippen molar-refractivity contribution in [3.05, 3.63) is 29.8 Å². The number of fused-ring (bicyclic) bond motifs is 1. The van der Waals surface area contributed by atoms with Gasteiger partial charge in [0.25, 0.3) is 0 Å². The van der Waals surface area contributed by atoms with Crippen LogP contribution in [0.3, 0.4) is 0 Å². The van der Waals surface area contributed by atoms with Crippen LogP contribution in [0.5, 0.6) is 0 Å². The summed E-state index contributed by atoms with van der Waals surface area (Å²) >= 11 is 1.77. The van der Waals surface area contributed by atoms with E-state index in [1.54, 1.807) is 11.9 Å². The summed E-state index contributed by atoms with van der Waals surface area (Å²) in [5, 5.41) is 0. The molecule has 0 amide bonds. The second kappa shape index (κ2) is 3.35. The average Bonchev–Trinajstić information content (AvgIpc) is 2.58. The molecule has 0 unspecified atom stereocenters. The van der Waals surface area contributed by atoms with Crippen molar-refractivity contribution in [2.45, 2.75) is 37.1 Å². The van der Waals surface area contributed by atoms with Crippen molar-refractivity contribution < 1.29 is 0 Å². The van der Waals surface area contributed by atoms with Crippen LogP contribution in [-0.2, 0) is 5.54 Å². The van der Waals surface area contributed by atoms with E-state index in [2.05, 4.69) is 42.8 Å². The maximum Gasteiger partial charge on any atom is 0.0540 e. The first kappa shape index (κ1) is 9.10. The van der Waals surface area contributed by atoms with Crippen LogP contribution in [0.25, 0.3) is 0 Å². The van der Waals surface area contributed by atoms with Gasteiger partial charge in [0.15, 0.2) is 0 Å². The van der Waals surface area contributed by atoms with Crippen molar-refractivity contribution in [3.63, 3.8) is 0 Å². The molecule has 70 valence electrons. The molecule has 2 heteroatoms. The standard InChI is InChI=1S/C11H15NS/c1-3-11(4-2)9-7-5-6-8-10(9)13-12-11/h5-8,12H,3-4H2,1-2H3. The molecule has 1 aliphatic rings. The quantitative estimate of drug-likeness (QED) is 0.723. The van der Waals surface area contributed by atoms with Gasteiger partial charge in [-0.25, -0.2) is 4.72 Å². The molecule has 1 aliphatic heterocycles. The minimum atomic E-state index is 0.223. The summed E-state index contributed by atoms with van der Waals surface area (Å²) in [4.78, 5) is 1.39. The summed E-state index contributed by atoms with van der Waals surface area (Å²) in [6.07, 6.45) is 2.32. The Labute approximate surface area is 84.1 Å². The molecule has 0 bridgehead atoms. The molecule has 1 N–H and O–H groups in total. The van der Waals surface area contributed by atoms with E-state index in [-0.39, 0.29) is 5.54 Å². The molecule has 0 spiro atoms. The summed E-state index contributed by atoms with van der Waals surface area (Å²) in [5.41, 5.74) is 1.70. The van der Waals surface area contributed by atoms with Gasteiger partial charge in [0.2, 0.25) is 0 Å². The molecule has 13 heavy (non-hydrogen) atoms. The highest BCUT2D eigenvalue weighted by atomic mass is 32.2. The highest BCUT2D eigenvalue weighted by Crippen LogP contribution is 2.43. The predicted octanol–water partition coefficient (Wildman–Crippen LogP) is 3.31. The Morgan fingerprint density at radius 1 is 1.23 bits per heavy atom. The molecule has 1 aromatic rings. The van der Waals surface area contributed by atoms with Crippen LogP contribution in [0.1, 0.15) is 32.3 Å². The zero-order valence-corrected chi connectivity index (χ0v) is 8.95. The lowest BCUT2D eigenvalue weighted by molar-refractivity contribution is 0.385. The summed E-state index contributed by atoms with van der Waals surface area (Å²) < 4.78 is 3.55. The zero-order chi connectivity index (χ0) is 9.31. The minimum absolute atomic E-state index is 0.223. The average molecular weight is 193 g/mol. The fourth-order valence-electron chi connectivity index (χ4n) is 1.93. The van der Waals surface area contributed by atoms with E-state index in [1.807, 2.05) is 0 Å². The molecule has 2 rings (SSSR count). The van der Waals surface area contributed by atoms with E-state index >= 15 is 0 Å². The fraction of sp³-hybridized carbons (Fsp3) is 0.455. The molecular formula is C11H15NS. The zero-order valence-electron chi connectivity index (χ0n) is 8.13. The second-order valence-corrected chi connectivity index (χ2v) is 4.34. The second-order valence-electron chi connectivity index (χ2n) is 3.49. The van der Waals surface area contributed by atoms with Gasteiger partial charge in [0, 0.05) is 4.90 Å². The molecular weight excluding hydrogens is 178 g/mol. The van der Waals surface area contributed by atoms with Crippen LogP contribution < -0.4 is 4.72 Å². The van der Waals surface area contributed by atoms with Crippen molar-refractivity contribution in [1.82, 2.24) is 4.72 Å². The molecule has 0 atom stereocenters. The van der Waals surface area contributed by atoms with E-state index < -0.39 is 0 Å². The molecule has 0 aliphatic carbocycles. The third-order valence-corrected chi connectivity index (χ3v) is 4.03. The summed E-state index contributed by atoms with van der Waals surface area (Å²) in [6.45, 7) is 4.50. The predicted molar refractivity (Wildman–Crippen MR) is 57.7 cm³/mol. The van der Waals surface area contributed by atoms with Gasteiger partial charge in [-0.05, 0) is 36.4 Å². The van der Waals surface area contributed by atoms with Gasteiger partial charge < -0.3 is 0 Å². The number of hydrogen-bond donors (Lipinski definition) is 1. The van der Waals surface area contributed by atoms with Gasteiger partial charge in [-0.1, -0.05) is 32.0 Å². The Morgan fingerprint density at radius 3 is 2.62 bits per heavy atom. The van der Waals surface area contributed by atoms with Gasteiger partial charge in [0.1, 0.15) is 0 Å². The molecule has 0 radical (unpaired) electrons. The monoisotopic (exact) mass is 193 g/mol. The first-order valence-electron chi connectivity index (χ1n) is 4.86. The van der Waals surface area contributed by atoms with Gasteiger partial charge in [-0.2, -0.15) is 0 Å². The Bertz CT molecular complexity index is 305. The van der Waals surface area contributed by atoms with Crippen molar-refractivity contribution in [2.24, 2.45) is 0 Å². The summed E-state index contributed by atoms with van der Waals surface area (Å²) in [6, 6.07) is 8.68. The van der Waals surface area contributed by atoms with E-state index in [4.69, 9.17) is 0 Å². The summed E-state index contributed by atoms with van der Waals surface area (Å²) in [7, 11) is 0. The number of rotatable bonds is 2. The molecule has 0 saturated carbocycles. The van der Waals surface area contributed by atoms with E-state index in [9.17, 15) is 0 Å². The maximum atomic E-state index is 3.55. The van der Waals surface area contributed by atoms with Crippen LogP contribution in [-0.4, -0.2) is 0 Å². The van der Waals surface area contributed by atoms with Crippen molar-refractivity contribution in [3.8, 4) is 0 Å². The van der Waals surface area contributed by atoms with Gasteiger partial charge in [0.05, 0.1) is 5.54 Å². The van der Waals surface area contributed by atoms with Crippen molar-refractivity contribution >= 4 is 11.9 Å². The van der Waals surface area contributed by atoms with Crippen molar-refractivity contribution in [2.75, 3.05) is 0 Å². The Hall–Kier alpha value is -0.470. The van der Waals surface area contributed by atoms with Crippen LogP contribution in [0.2, 0.25) is 0 Å². The molecule has 1 aromatic carbocycles. The smallest absolute Gasteiger partial charge is 0.0540 e. The Kier molecular flexibility index (Phi) is 2.35. The Morgan fingerprint density at radius 2 is 1.92 bits per heavy atom.